The molecular formula is C13H16N2OS. The number of ether oxygens (including phenoxy) is 1. The van der Waals surface area contributed by atoms with Crippen molar-refractivity contribution in [2.24, 2.45) is 5.73 Å². The van der Waals surface area contributed by atoms with Gasteiger partial charge in [-0.15, -0.1) is 11.3 Å². The quantitative estimate of drug-likeness (QED) is 0.904. The van der Waals surface area contributed by atoms with Crippen molar-refractivity contribution >= 4 is 11.3 Å². The highest BCUT2D eigenvalue weighted by Gasteiger charge is 2.05. The fourth-order valence-electron chi connectivity index (χ4n) is 1.68. The molecule has 0 atom stereocenters. The number of nitrogens with zero attached hydrogens (tertiary/aromatic N) is 1. The lowest BCUT2D eigenvalue weighted by Gasteiger charge is -2.06. The predicted molar refractivity (Wildman–Crippen MR) is 70.5 cm³/mol. The normalized spacial score (nSPS) is 10.5. The lowest BCUT2D eigenvalue weighted by atomic mass is 10.1. The third-order valence-electron chi connectivity index (χ3n) is 2.70. The Kier molecular flexibility index (Phi) is 3.76. The highest BCUT2D eigenvalue weighted by Crippen LogP contribution is 2.21. The van der Waals surface area contributed by atoms with Crippen LogP contribution in [-0.2, 0) is 13.0 Å². The zero-order valence-electron chi connectivity index (χ0n) is 10.1. The van der Waals surface area contributed by atoms with Gasteiger partial charge < -0.3 is 10.5 Å². The number of hydrogen-bond donors (Lipinski definition) is 1. The number of benzene rings is 1. The molecule has 2 aromatic rings. The van der Waals surface area contributed by atoms with Gasteiger partial charge in [0, 0.05) is 18.3 Å². The summed E-state index contributed by atoms with van der Waals surface area (Å²) in [6, 6.07) is 6.13. The Morgan fingerprint density at radius 1 is 1.41 bits per heavy atom. The Morgan fingerprint density at radius 3 is 2.82 bits per heavy atom. The van der Waals surface area contributed by atoms with Gasteiger partial charge in [-0.1, -0.05) is 6.07 Å². The molecule has 0 saturated carbocycles. The van der Waals surface area contributed by atoms with Crippen LogP contribution in [0, 0.1) is 6.92 Å². The molecule has 2 rings (SSSR count). The van der Waals surface area contributed by atoms with E-state index >= 15 is 0 Å². The largest absolute Gasteiger partial charge is 0.497 e. The van der Waals surface area contributed by atoms with Gasteiger partial charge >= 0.3 is 0 Å². The average Bonchev–Trinajstić information content (AvgIpc) is 2.79. The van der Waals surface area contributed by atoms with E-state index in [-0.39, 0.29) is 0 Å². The molecule has 1 aromatic carbocycles. The summed E-state index contributed by atoms with van der Waals surface area (Å²) in [5, 5.41) is 3.13. The maximum atomic E-state index is 5.55. The second kappa shape index (κ2) is 5.29. The van der Waals surface area contributed by atoms with Gasteiger partial charge in [-0.3, -0.25) is 0 Å². The number of aryl methyl sites for hydroxylation is 1. The Balaban J connectivity index is 2.18. The topological polar surface area (TPSA) is 48.1 Å². The van der Waals surface area contributed by atoms with Crippen LogP contribution in [0.2, 0.25) is 0 Å². The number of nitrogens with two attached hydrogens (primary N) is 1. The monoisotopic (exact) mass is 248 g/mol. The number of hydrogen-bond acceptors (Lipinski definition) is 4. The molecule has 0 unspecified atom stereocenters. The minimum atomic E-state index is 0.512. The van der Waals surface area contributed by atoms with Crippen molar-refractivity contribution in [2.75, 3.05) is 7.11 Å². The van der Waals surface area contributed by atoms with E-state index in [2.05, 4.69) is 18.0 Å². The maximum Gasteiger partial charge on any atom is 0.119 e. The molecule has 3 nitrogen and oxygen atoms in total. The summed E-state index contributed by atoms with van der Waals surface area (Å²) in [5.74, 6) is 0.896. The first kappa shape index (κ1) is 12.1. The molecule has 90 valence electrons. The molecule has 2 N–H and O–H groups in total. The van der Waals surface area contributed by atoms with Gasteiger partial charge in [0.25, 0.3) is 0 Å². The van der Waals surface area contributed by atoms with Gasteiger partial charge in [0.15, 0.2) is 0 Å². The Hall–Kier alpha value is -1.39. The molecule has 0 amide bonds. The van der Waals surface area contributed by atoms with E-state index in [4.69, 9.17) is 10.5 Å². The Morgan fingerprint density at radius 2 is 2.24 bits per heavy atom. The van der Waals surface area contributed by atoms with E-state index in [1.165, 1.54) is 11.1 Å². The van der Waals surface area contributed by atoms with Gasteiger partial charge in [-0.2, -0.15) is 0 Å². The lowest BCUT2D eigenvalue weighted by Crippen LogP contribution is -1.97. The summed E-state index contributed by atoms with van der Waals surface area (Å²) in [4.78, 5) is 4.47. The van der Waals surface area contributed by atoms with Crippen LogP contribution < -0.4 is 10.5 Å². The first-order valence-corrected chi connectivity index (χ1v) is 6.37. The molecule has 1 heterocycles. The maximum absolute atomic E-state index is 5.55. The minimum Gasteiger partial charge on any atom is -0.497 e. The van der Waals surface area contributed by atoms with Gasteiger partial charge in [0.05, 0.1) is 17.8 Å². The van der Waals surface area contributed by atoms with E-state index < -0.39 is 0 Å². The first-order chi connectivity index (χ1) is 8.22. The molecule has 0 aliphatic rings. The second-order valence-electron chi connectivity index (χ2n) is 3.91. The molecule has 0 spiro atoms. The molecule has 0 aliphatic carbocycles. The van der Waals surface area contributed by atoms with Crippen LogP contribution in [0.25, 0.3) is 0 Å². The molecular weight excluding hydrogens is 232 g/mol. The molecule has 0 bridgehead atoms. The van der Waals surface area contributed by atoms with Crippen LogP contribution in [0.1, 0.15) is 21.8 Å². The van der Waals surface area contributed by atoms with E-state index in [1.807, 2.05) is 17.5 Å². The molecule has 1 aromatic heterocycles. The molecule has 4 heteroatoms. The van der Waals surface area contributed by atoms with E-state index in [1.54, 1.807) is 18.4 Å². The van der Waals surface area contributed by atoms with Gasteiger partial charge in [0.2, 0.25) is 0 Å². The van der Waals surface area contributed by atoms with Crippen molar-refractivity contribution in [3.63, 3.8) is 0 Å². The zero-order valence-corrected chi connectivity index (χ0v) is 10.9. The molecule has 0 radical (unpaired) electrons. The van der Waals surface area contributed by atoms with Crippen molar-refractivity contribution in [2.45, 2.75) is 19.9 Å². The van der Waals surface area contributed by atoms with Gasteiger partial charge in [0.1, 0.15) is 5.75 Å². The highest BCUT2D eigenvalue weighted by molar-refractivity contribution is 7.09. The number of aromatic nitrogens is 1. The van der Waals surface area contributed by atoms with Crippen LogP contribution in [0.5, 0.6) is 5.75 Å². The fraction of sp³-hybridized carbons (Fsp3) is 0.308. The van der Waals surface area contributed by atoms with Crippen LogP contribution in [0.3, 0.4) is 0 Å². The van der Waals surface area contributed by atoms with Crippen molar-refractivity contribution in [1.29, 1.82) is 0 Å². The van der Waals surface area contributed by atoms with Crippen molar-refractivity contribution in [3.8, 4) is 5.75 Å². The van der Waals surface area contributed by atoms with Gasteiger partial charge in [-0.25, -0.2) is 4.98 Å². The average molecular weight is 248 g/mol. The van der Waals surface area contributed by atoms with Crippen molar-refractivity contribution in [1.82, 2.24) is 4.98 Å². The Bertz CT molecular complexity index is 508. The van der Waals surface area contributed by atoms with Crippen LogP contribution in [-0.4, -0.2) is 12.1 Å². The Labute approximate surface area is 105 Å². The molecule has 0 saturated heterocycles. The van der Waals surface area contributed by atoms with E-state index in [0.717, 1.165) is 22.9 Å². The van der Waals surface area contributed by atoms with Crippen LogP contribution in [0.4, 0.5) is 0 Å². The summed E-state index contributed by atoms with van der Waals surface area (Å²) in [7, 11) is 1.68. The summed E-state index contributed by atoms with van der Waals surface area (Å²) in [6.45, 7) is 2.60. The number of rotatable bonds is 4. The van der Waals surface area contributed by atoms with Crippen molar-refractivity contribution in [3.05, 3.63) is 45.4 Å². The second-order valence-corrected chi connectivity index (χ2v) is 4.85. The predicted octanol–water partition coefficient (Wildman–Crippen LogP) is 2.51. The lowest BCUT2D eigenvalue weighted by molar-refractivity contribution is 0.414. The third-order valence-corrected chi connectivity index (χ3v) is 3.60. The zero-order chi connectivity index (χ0) is 12.3. The minimum absolute atomic E-state index is 0.512. The first-order valence-electron chi connectivity index (χ1n) is 5.50. The SMILES string of the molecule is COc1ccc(Cc2nc(CN)cs2)c(C)c1. The third kappa shape index (κ3) is 2.84. The summed E-state index contributed by atoms with van der Waals surface area (Å²) >= 11 is 1.67. The highest BCUT2D eigenvalue weighted by atomic mass is 32.1. The molecule has 0 fully saturated rings. The van der Waals surface area contributed by atoms with Crippen molar-refractivity contribution < 1.29 is 4.74 Å². The smallest absolute Gasteiger partial charge is 0.119 e. The fourth-order valence-corrected chi connectivity index (χ4v) is 2.51. The number of methoxy groups -OCH3 is 1. The van der Waals surface area contributed by atoms with E-state index in [0.29, 0.717) is 6.54 Å². The van der Waals surface area contributed by atoms with Gasteiger partial charge in [-0.05, 0) is 30.2 Å². The van der Waals surface area contributed by atoms with E-state index in [9.17, 15) is 0 Å². The standard InChI is InChI=1S/C13H16N2OS/c1-9-5-12(16-2)4-3-10(9)6-13-15-11(7-14)8-17-13/h3-5,8H,6-7,14H2,1-2H3. The number of thiazole rings is 1. The summed E-state index contributed by atoms with van der Waals surface area (Å²) in [5.41, 5.74) is 9.03. The van der Waals surface area contributed by atoms with Crippen LogP contribution >= 0.6 is 11.3 Å². The summed E-state index contributed by atoms with van der Waals surface area (Å²) in [6.07, 6.45) is 0.862. The summed E-state index contributed by atoms with van der Waals surface area (Å²) < 4.78 is 5.19. The van der Waals surface area contributed by atoms with Crippen LogP contribution in [0.15, 0.2) is 23.6 Å². The molecule has 0 aliphatic heterocycles. The molecule has 17 heavy (non-hydrogen) atoms.